The molecule has 1 aromatic carbocycles. The first-order valence-electron chi connectivity index (χ1n) is 7.36. The van der Waals surface area contributed by atoms with E-state index in [0.29, 0.717) is 30.1 Å². The van der Waals surface area contributed by atoms with Gasteiger partial charge in [-0.05, 0) is 37.1 Å². The molecule has 7 heteroatoms. The minimum absolute atomic E-state index is 0.193. The van der Waals surface area contributed by atoms with E-state index in [4.69, 9.17) is 8.94 Å². The maximum atomic E-state index is 13.7. The van der Waals surface area contributed by atoms with Crippen molar-refractivity contribution in [3.63, 3.8) is 0 Å². The number of rotatable bonds is 4. The monoisotopic (exact) mass is 330 g/mol. The molecule has 1 aliphatic carbocycles. The maximum absolute atomic E-state index is 13.7. The normalized spacial score (nSPS) is 15.2. The number of furan rings is 1. The first-order chi connectivity index (χ1) is 11.6. The van der Waals surface area contributed by atoms with Crippen LogP contribution in [0.5, 0.6) is 0 Å². The number of carbonyl (C=O) groups is 1. The van der Waals surface area contributed by atoms with Crippen molar-refractivity contribution in [3.05, 3.63) is 60.0 Å². The highest BCUT2D eigenvalue weighted by molar-refractivity contribution is 6.01. The topological polar surface area (TPSA) is 68.3 Å². The average molecular weight is 330 g/mol. The number of nitrogens with zero attached hydrogens (tertiary/aromatic N) is 1. The minimum Gasteiger partial charge on any atom is -0.461 e. The van der Waals surface area contributed by atoms with Crippen molar-refractivity contribution in [1.82, 2.24) is 5.16 Å². The van der Waals surface area contributed by atoms with Gasteiger partial charge in [0.1, 0.15) is 11.6 Å². The number of carbonyl (C=O) groups excluding carboxylic acids is 1. The van der Waals surface area contributed by atoms with Crippen LogP contribution in [0, 0.1) is 11.6 Å². The summed E-state index contributed by atoms with van der Waals surface area (Å²) in [5, 5.41) is 6.38. The smallest absolute Gasteiger partial charge is 0.236 e. The van der Waals surface area contributed by atoms with E-state index in [1.54, 1.807) is 18.2 Å². The molecular formula is C17H12F2N2O3. The Morgan fingerprint density at radius 2 is 2.00 bits per heavy atom. The summed E-state index contributed by atoms with van der Waals surface area (Å²) in [6.07, 6.45) is 2.61. The molecule has 122 valence electrons. The standard InChI is InChI=1S/C17H12F2N2O3/c18-10-3-4-11(19)12(8-10)20-16(22)17(5-6-17)15-9-14(24-21-15)13-2-1-7-23-13/h1-4,7-9H,5-6H2,(H,20,22). The lowest BCUT2D eigenvalue weighted by Crippen LogP contribution is -2.28. The van der Waals surface area contributed by atoms with Crippen LogP contribution in [0.15, 0.2) is 51.6 Å². The first-order valence-corrected chi connectivity index (χ1v) is 7.36. The van der Waals surface area contributed by atoms with Crippen molar-refractivity contribution in [2.75, 3.05) is 5.32 Å². The molecule has 1 fully saturated rings. The number of benzene rings is 1. The largest absolute Gasteiger partial charge is 0.461 e. The van der Waals surface area contributed by atoms with E-state index >= 15 is 0 Å². The second-order valence-corrected chi connectivity index (χ2v) is 5.71. The highest BCUT2D eigenvalue weighted by Crippen LogP contribution is 2.49. The molecule has 1 aliphatic rings. The molecule has 0 radical (unpaired) electrons. The Morgan fingerprint density at radius 1 is 1.17 bits per heavy atom. The summed E-state index contributed by atoms with van der Waals surface area (Å²) in [5.74, 6) is -0.853. The Morgan fingerprint density at radius 3 is 2.71 bits per heavy atom. The van der Waals surface area contributed by atoms with Crippen molar-refractivity contribution in [2.45, 2.75) is 18.3 Å². The van der Waals surface area contributed by atoms with E-state index in [1.165, 1.54) is 6.26 Å². The van der Waals surface area contributed by atoms with Gasteiger partial charge < -0.3 is 14.3 Å². The third kappa shape index (κ3) is 2.38. The molecule has 0 atom stereocenters. The van der Waals surface area contributed by atoms with E-state index in [-0.39, 0.29) is 5.69 Å². The number of hydrogen-bond donors (Lipinski definition) is 1. The van der Waals surface area contributed by atoms with Crippen molar-refractivity contribution >= 4 is 11.6 Å². The summed E-state index contributed by atoms with van der Waals surface area (Å²) in [6, 6.07) is 7.96. The maximum Gasteiger partial charge on any atom is 0.236 e. The van der Waals surface area contributed by atoms with E-state index in [2.05, 4.69) is 10.5 Å². The van der Waals surface area contributed by atoms with Gasteiger partial charge in [-0.2, -0.15) is 0 Å². The summed E-state index contributed by atoms with van der Waals surface area (Å²) in [7, 11) is 0. The highest BCUT2D eigenvalue weighted by atomic mass is 19.1. The molecule has 0 bridgehead atoms. The molecule has 1 N–H and O–H groups in total. The molecule has 24 heavy (non-hydrogen) atoms. The Hall–Kier alpha value is -2.96. The van der Waals surface area contributed by atoms with Gasteiger partial charge in [0.05, 0.1) is 23.1 Å². The molecule has 0 saturated heterocycles. The van der Waals surface area contributed by atoms with Crippen molar-refractivity contribution < 1.29 is 22.5 Å². The summed E-state index contributed by atoms with van der Waals surface area (Å²) in [4.78, 5) is 12.6. The third-order valence-corrected chi connectivity index (χ3v) is 4.13. The van der Waals surface area contributed by atoms with E-state index in [0.717, 1.165) is 18.2 Å². The van der Waals surface area contributed by atoms with Gasteiger partial charge in [0.15, 0.2) is 5.76 Å². The fourth-order valence-electron chi connectivity index (χ4n) is 2.60. The fourth-order valence-corrected chi connectivity index (χ4v) is 2.60. The molecule has 0 spiro atoms. The van der Waals surface area contributed by atoms with Gasteiger partial charge in [-0.15, -0.1) is 0 Å². The van der Waals surface area contributed by atoms with Crippen LogP contribution in [-0.4, -0.2) is 11.1 Å². The highest BCUT2D eigenvalue weighted by Gasteiger charge is 2.54. The predicted molar refractivity (Wildman–Crippen MR) is 80.1 cm³/mol. The quantitative estimate of drug-likeness (QED) is 0.788. The summed E-state index contributed by atoms with van der Waals surface area (Å²) >= 11 is 0. The van der Waals surface area contributed by atoms with Gasteiger partial charge in [0.25, 0.3) is 0 Å². The number of amides is 1. The summed E-state index contributed by atoms with van der Waals surface area (Å²) in [5.41, 5.74) is -0.628. The van der Waals surface area contributed by atoms with Crippen LogP contribution in [-0.2, 0) is 10.2 Å². The second kappa shape index (κ2) is 5.30. The van der Waals surface area contributed by atoms with Crippen molar-refractivity contribution in [2.24, 2.45) is 0 Å². The van der Waals surface area contributed by atoms with Crippen LogP contribution in [0.4, 0.5) is 14.5 Å². The number of nitrogens with one attached hydrogen (secondary N) is 1. The van der Waals surface area contributed by atoms with Crippen LogP contribution >= 0.6 is 0 Å². The number of halogens is 2. The number of aromatic nitrogens is 1. The lowest BCUT2D eigenvalue weighted by Gasteiger charge is -2.13. The lowest BCUT2D eigenvalue weighted by atomic mass is 10.0. The van der Waals surface area contributed by atoms with Gasteiger partial charge >= 0.3 is 0 Å². The zero-order chi connectivity index (χ0) is 16.7. The van der Waals surface area contributed by atoms with E-state index < -0.39 is 23.0 Å². The number of anilines is 1. The average Bonchev–Trinajstić information content (AvgIpc) is 3.00. The van der Waals surface area contributed by atoms with Gasteiger partial charge in [-0.1, -0.05) is 5.16 Å². The Kier molecular flexibility index (Phi) is 3.23. The summed E-state index contributed by atoms with van der Waals surface area (Å²) < 4.78 is 37.4. The molecule has 2 aromatic heterocycles. The van der Waals surface area contributed by atoms with Crippen LogP contribution in [0.1, 0.15) is 18.5 Å². The first kappa shape index (κ1) is 14.6. The van der Waals surface area contributed by atoms with Crippen LogP contribution in [0.25, 0.3) is 11.5 Å². The lowest BCUT2D eigenvalue weighted by molar-refractivity contribution is -0.118. The van der Waals surface area contributed by atoms with Crippen molar-refractivity contribution in [1.29, 1.82) is 0 Å². The van der Waals surface area contributed by atoms with Gasteiger partial charge in [-0.25, -0.2) is 8.78 Å². The Balaban J connectivity index is 1.59. The van der Waals surface area contributed by atoms with E-state index in [9.17, 15) is 13.6 Å². The molecule has 1 saturated carbocycles. The molecule has 1 amide bonds. The molecule has 2 heterocycles. The molecule has 3 aromatic rings. The van der Waals surface area contributed by atoms with Crippen LogP contribution < -0.4 is 5.32 Å². The molecule has 5 nitrogen and oxygen atoms in total. The molecular weight excluding hydrogens is 318 g/mol. The predicted octanol–water partition coefficient (Wildman–Crippen LogP) is 3.88. The van der Waals surface area contributed by atoms with Crippen LogP contribution in [0.3, 0.4) is 0 Å². The Labute approximate surface area is 135 Å². The zero-order valence-electron chi connectivity index (χ0n) is 12.4. The van der Waals surface area contributed by atoms with Crippen LogP contribution in [0.2, 0.25) is 0 Å². The third-order valence-electron chi connectivity index (χ3n) is 4.13. The fraction of sp³-hybridized carbons (Fsp3) is 0.176. The number of hydrogen-bond acceptors (Lipinski definition) is 4. The summed E-state index contributed by atoms with van der Waals surface area (Å²) in [6.45, 7) is 0. The minimum atomic E-state index is -0.882. The van der Waals surface area contributed by atoms with Gasteiger partial charge in [-0.3, -0.25) is 4.79 Å². The Bertz CT molecular complexity index is 898. The second-order valence-electron chi connectivity index (χ2n) is 5.71. The van der Waals surface area contributed by atoms with Crippen molar-refractivity contribution in [3.8, 4) is 11.5 Å². The van der Waals surface area contributed by atoms with Gasteiger partial charge in [0.2, 0.25) is 11.7 Å². The van der Waals surface area contributed by atoms with Gasteiger partial charge in [0, 0.05) is 12.1 Å². The molecule has 0 aliphatic heterocycles. The van der Waals surface area contributed by atoms with E-state index in [1.807, 2.05) is 0 Å². The molecule has 4 rings (SSSR count). The molecule has 0 unspecified atom stereocenters. The zero-order valence-corrected chi connectivity index (χ0v) is 12.4. The SMILES string of the molecule is O=C(Nc1cc(F)ccc1F)C1(c2cc(-c3ccco3)on2)CC1.